The smallest absolute Gasteiger partial charge is 0.276 e. The predicted octanol–water partition coefficient (Wildman–Crippen LogP) is 3.64. The Morgan fingerprint density at radius 2 is 1.86 bits per heavy atom. The number of aromatic nitrogens is 2. The summed E-state index contributed by atoms with van der Waals surface area (Å²) >= 11 is 11.9. The van der Waals surface area contributed by atoms with Crippen molar-refractivity contribution in [1.29, 1.82) is 0 Å². The summed E-state index contributed by atoms with van der Waals surface area (Å²) in [6, 6.07) is 8.35. The van der Waals surface area contributed by atoms with Gasteiger partial charge in [-0.3, -0.25) is 4.79 Å². The zero-order chi connectivity index (χ0) is 15.5. The van der Waals surface area contributed by atoms with Crippen molar-refractivity contribution in [2.45, 2.75) is 12.8 Å². The largest absolute Gasteiger partial charge is 0.355 e. The number of hydrogen-bond acceptors (Lipinski definition) is 4. The van der Waals surface area contributed by atoms with E-state index >= 15 is 0 Å². The molecule has 0 saturated carbocycles. The molecule has 1 fully saturated rings. The van der Waals surface area contributed by atoms with Gasteiger partial charge in [0.1, 0.15) is 0 Å². The number of nitrogens with one attached hydrogen (secondary N) is 1. The number of carbonyl (C=O) groups is 1. The van der Waals surface area contributed by atoms with Gasteiger partial charge in [-0.05, 0) is 43.2 Å². The van der Waals surface area contributed by atoms with Crippen molar-refractivity contribution in [3.63, 3.8) is 0 Å². The van der Waals surface area contributed by atoms with Crippen LogP contribution in [0.2, 0.25) is 10.0 Å². The fourth-order valence-corrected chi connectivity index (χ4v) is 2.68. The molecule has 1 amide bonds. The van der Waals surface area contributed by atoms with Crippen LogP contribution in [0.1, 0.15) is 23.3 Å². The highest BCUT2D eigenvalue weighted by Gasteiger charge is 2.16. The van der Waals surface area contributed by atoms with Gasteiger partial charge in [0.25, 0.3) is 5.91 Å². The Kier molecular flexibility index (Phi) is 4.45. The summed E-state index contributed by atoms with van der Waals surface area (Å²) < 4.78 is 0. The molecule has 1 aliphatic heterocycles. The molecule has 0 atom stereocenters. The first-order valence-corrected chi connectivity index (χ1v) is 7.74. The van der Waals surface area contributed by atoms with Gasteiger partial charge in [0, 0.05) is 18.1 Å². The van der Waals surface area contributed by atoms with E-state index in [1.807, 2.05) is 6.07 Å². The Hall–Kier alpha value is -1.85. The Bertz CT molecular complexity index is 684. The summed E-state index contributed by atoms with van der Waals surface area (Å²) in [5.74, 6) is 0.430. The summed E-state index contributed by atoms with van der Waals surface area (Å²) in [4.78, 5) is 14.3. The second-order valence-corrected chi connectivity index (χ2v) is 5.89. The number of hydrogen-bond donors (Lipinski definition) is 1. The minimum absolute atomic E-state index is 0.235. The maximum atomic E-state index is 12.2. The summed E-state index contributed by atoms with van der Waals surface area (Å²) in [7, 11) is 0. The van der Waals surface area contributed by atoms with Crippen LogP contribution in [0.15, 0.2) is 30.3 Å². The molecule has 0 unspecified atom stereocenters. The van der Waals surface area contributed by atoms with E-state index in [0.29, 0.717) is 15.7 Å². The third kappa shape index (κ3) is 3.31. The molecule has 2 aromatic rings. The maximum absolute atomic E-state index is 12.2. The molecule has 0 radical (unpaired) electrons. The minimum atomic E-state index is -0.371. The van der Waals surface area contributed by atoms with Crippen LogP contribution in [0.3, 0.4) is 0 Å². The summed E-state index contributed by atoms with van der Waals surface area (Å²) in [6.45, 7) is 1.97. The van der Waals surface area contributed by atoms with Gasteiger partial charge in [-0.25, -0.2) is 0 Å². The average Bonchev–Trinajstić information content (AvgIpc) is 3.05. The molecule has 22 heavy (non-hydrogen) atoms. The second kappa shape index (κ2) is 6.50. The van der Waals surface area contributed by atoms with E-state index in [1.54, 1.807) is 24.3 Å². The molecule has 0 aliphatic carbocycles. The summed E-state index contributed by atoms with van der Waals surface area (Å²) in [5, 5.41) is 11.7. The Balaban J connectivity index is 1.73. The Morgan fingerprint density at radius 3 is 2.55 bits per heavy atom. The lowest BCUT2D eigenvalue weighted by atomic mass is 10.3. The van der Waals surface area contributed by atoms with Crippen LogP contribution < -0.4 is 10.2 Å². The fraction of sp³-hybridized carbons (Fsp3) is 0.267. The van der Waals surface area contributed by atoms with Crippen molar-refractivity contribution < 1.29 is 4.79 Å². The van der Waals surface area contributed by atoms with Crippen LogP contribution in [0.4, 0.5) is 11.5 Å². The van der Waals surface area contributed by atoms with E-state index < -0.39 is 0 Å². The van der Waals surface area contributed by atoms with Crippen molar-refractivity contribution in [2.75, 3.05) is 23.3 Å². The lowest BCUT2D eigenvalue weighted by Crippen LogP contribution is -2.21. The predicted molar refractivity (Wildman–Crippen MR) is 87.9 cm³/mol. The van der Waals surface area contributed by atoms with Crippen molar-refractivity contribution in [3.8, 4) is 0 Å². The number of rotatable bonds is 3. The minimum Gasteiger partial charge on any atom is -0.355 e. The number of anilines is 2. The van der Waals surface area contributed by atoms with E-state index in [4.69, 9.17) is 23.2 Å². The Labute approximate surface area is 138 Å². The normalized spacial score (nSPS) is 14.2. The molecular weight excluding hydrogens is 323 g/mol. The number of amides is 1. The van der Waals surface area contributed by atoms with Gasteiger partial charge in [-0.1, -0.05) is 23.2 Å². The monoisotopic (exact) mass is 336 g/mol. The molecular formula is C15H14Cl2N4O. The van der Waals surface area contributed by atoms with Crippen LogP contribution in [0.25, 0.3) is 0 Å². The highest BCUT2D eigenvalue weighted by Crippen LogP contribution is 2.25. The van der Waals surface area contributed by atoms with Crippen molar-refractivity contribution in [1.82, 2.24) is 10.2 Å². The summed E-state index contributed by atoms with van der Waals surface area (Å²) in [6.07, 6.45) is 2.33. The molecule has 2 heterocycles. The third-order valence-electron chi connectivity index (χ3n) is 3.49. The van der Waals surface area contributed by atoms with Crippen LogP contribution in [0, 0.1) is 0 Å². The SMILES string of the molecule is O=C(Nc1cc(Cl)ccc1Cl)c1ccc(N2CCCC2)nn1. The first kappa shape index (κ1) is 15.1. The lowest BCUT2D eigenvalue weighted by molar-refractivity contribution is 0.102. The molecule has 7 heteroatoms. The first-order chi connectivity index (χ1) is 10.6. The van der Waals surface area contributed by atoms with E-state index in [1.165, 1.54) is 0 Å². The van der Waals surface area contributed by atoms with Crippen LogP contribution in [-0.4, -0.2) is 29.2 Å². The number of halogens is 2. The maximum Gasteiger partial charge on any atom is 0.276 e. The molecule has 1 aromatic carbocycles. The third-order valence-corrected chi connectivity index (χ3v) is 4.05. The number of benzene rings is 1. The molecule has 1 aliphatic rings. The highest BCUT2D eigenvalue weighted by molar-refractivity contribution is 6.35. The van der Waals surface area contributed by atoms with Gasteiger partial charge >= 0.3 is 0 Å². The topological polar surface area (TPSA) is 58.1 Å². The Morgan fingerprint density at radius 1 is 1.09 bits per heavy atom. The lowest BCUT2D eigenvalue weighted by Gasteiger charge is -2.15. The van der Waals surface area contributed by atoms with E-state index in [9.17, 15) is 4.79 Å². The first-order valence-electron chi connectivity index (χ1n) is 6.98. The zero-order valence-corrected chi connectivity index (χ0v) is 13.2. The van der Waals surface area contributed by atoms with Crippen LogP contribution in [0.5, 0.6) is 0 Å². The molecule has 5 nitrogen and oxygen atoms in total. The van der Waals surface area contributed by atoms with Gasteiger partial charge < -0.3 is 10.2 Å². The molecule has 0 bridgehead atoms. The molecule has 1 aromatic heterocycles. The molecule has 114 valence electrons. The number of nitrogens with zero attached hydrogens (tertiary/aromatic N) is 3. The zero-order valence-electron chi connectivity index (χ0n) is 11.7. The van der Waals surface area contributed by atoms with Gasteiger partial charge in [0.05, 0.1) is 10.7 Å². The van der Waals surface area contributed by atoms with Crippen molar-refractivity contribution in [3.05, 3.63) is 46.1 Å². The quantitative estimate of drug-likeness (QED) is 0.929. The molecule has 1 N–H and O–H groups in total. The van der Waals surface area contributed by atoms with Gasteiger partial charge in [0.15, 0.2) is 11.5 Å². The molecule has 3 rings (SSSR count). The molecule has 0 spiro atoms. The van der Waals surface area contributed by atoms with Crippen LogP contribution >= 0.6 is 23.2 Å². The van der Waals surface area contributed by atoms with Gasteiger partial charge in [-0.15, -0.1) is 10.2 Å². The second-order valence-electron chi connectivity index (χ2n) is 5.05. The highest BCUT2D eigenvalue weighted by atomic mass is 35.5. The molecule has 1 saturated heterocycles. The van der Waals surface area contributed by atoms with E-state index in [0.717, 1.165) is 31.7 Å². The van der Waals surface area contributed by atoms with E-state index in [2.05, 4.69) is 20.4 Å². The van der Waals surface area contributed by atoms with E-state index in [-0.39, 0.29) is 11.6 Å². The average molecular weight is 337 g/mol. The summed E-state index contributed by atoms with van der Waals surface area (Å²) in [5.41, 5.74) is 0.684. The fourth-order valence-electron chi connectivity index (χ4n) is 2.34. The van der Waals surface area contributed by atoms with Crippen molar-refractivity contribution >= 4 is 40.6 Å². The van der Waals surface area contributed by atoms with Crippen LogP contribution in [-0.2, 0) is 0 Å². The van der Waals surface area contributed by atoms with Gasteiger partial charge in [0.2, 0.25) is 0 Å². The van der Waals surface area contributed by atoms with Gasteiger partial charge in [-0.2, -0.15) is 0 Å². The number of carbonyl (C=O) groups excluding carboxylic acids is 1. The standard InChI is InChI=1S/C15H14Cl2N4O/c16-10-3-4-11(17)13(9-10)18-15(22)12-5-6-14(20-19-12)21-7-1-2-8-21/h3-6,9H,1-2,7-8H2,(H,18,22). The van der Waals surface area contributed by atoms with Crippen molar-refractivity contribution in [2.24, 2.45) is 0 Å².